The molecule has 1 amide bonds. The molecule has 0 saturated carbocycles. The quantitative estimate of drug-likeness (QED) is 0.819. The van der Waals surface area contributed by atoms with Crippen LogP contribution in [0.4, 0.5) is 13.2 Å². The molecule has 140 valence electrons. The third-order valence-corrected chi connectivity index (χ3v) is 3.70. The second kappa shape index (κ2) is 8.18. The molecule has 1 heterocycles. The number of hydrogen-bond acceptors (Lipinski definition) is 4. The van der Waals surface area contributed by atoms with Gasteiger partial charge in [-0.1, -0.05) is 26.0 Å². The number of halogens is 3. The van der Waals surface area contributed by atoms with Crippen LogP contribution < -0.4 is 15.8 Å². The van der Waals surface area contributed by atoms with Gasteiger partial charge in [0.15, 0.2) is 0 Å². The van der Waals surface area contributed by atoms with Gasteiger partial charge in [-0.2, -0.15) is 13.2 Å². The van der Waals surface area contributed by atoms with E-state index < -0.39 is 17.8 Å². The predicted octanol–water partition coefficient (Wildman–Crippen LogP) is 3.49. The SMILES string of the molecule is CC(C)[C@@H](N)C(=O)NCc1cccnc1Oc1cccc(C(F)(F)F)c1. The van der Waals surface area contributed by atoms with E-state index in [-0.39, 0.29) is 30.0 Å². The lowest BCUT2D eigenvalue weighted by Gasteiger charge is -2.16. The van der Waals surface area contributed by atoms with Crippen molar-refractivity contribution in [2.24, 2.45) is 11.7 Å². The van der Waals surface area contributed by atoms with Gasteiger partial charge in [0.2, 0.25) is 11.8 Å². The minimum absolute atomic E-state index is 0.00461. The second-order valence-corrected chi connectivity index (χ2v) is 6.08. The molecule has 1 aromatic heterocycles. The van der Waals surface area contributed by atoms with Crippen LogP contribution in [0.1, 0.15) is 25.0 Å². The molecule has 0 bridgehead atoms. The molecule has 3 N–H and O–H groups in total. The van der Waals surface area contributed by atoms with Crippen molar-refractivity contribution >= 4 is 5.91 Å². The number of amides is 1. The average molecular weight is 367 g/mol. The Labute approximate surface area is 149 Å². The first-order valence-corrected chi connectivity index (χ1v) is 8.00. The molecule has 0 unspecified atom stereocenters. The summed E-state index contributed by atoms with van der Waals surface area (Å²) >= 11 is 0. The zero-order chi connectivity index (χ0) is 19.3. The summed E-state index contributed by atoms with van der Waals surface area (Å²) < 4.78 is 43.9. The van der Waals surface area contributed by atoms with Gasteiger partial charge in [0.05, 0.1) is 11.6 Å². The summed E-state index contributed by atoms with van der Waals surface area (Å²) in [6.45, 7) is 3.76. The van der Waals surface area contributed by atoms with E-state index in [2.05, 4.69) is 10.3 Å². The van der Waals surface area contributed by atoms with Crippen LogP contribution in [0.3, 0.4) is 0 Å². The zero-order valence-electron chi connectivity index (χ0n) is 14.4. The Morgan fingerprint density at radius 3 is 2.65 bits per heavy atom. The Hall–Kier alpha value is -2.61. The monoisotopic (exact) mass is 367 g/mol. The number of nitrogens with zero attached hydrogens (tertiary/aromatic N) is 1. The largest absolute Gasteiger partial charge is 0.439 e. The van der Waals surface area contributed by atoms with Crippen LogP contribution in [0, 0.1) is 5.92 Å². The highest BCUT2D eigenvalue weighted by molar-refractivity contribution is 5.81. The summed E-state index contributed by atoms with van der Waals surface area (Å²) in [4.78, 5) is 16.0. The number of rotatable bonds is 6. The fourth-order valence-corrected chi connectivity index (χ4v) is 2.10. The highest BCUT2D eigenvalue weighted by Crippen LogP contribution is 2.32. The number of ether oxygens (including phenoxy) is 1. The minimum atomic E-state index is -4.47. The molecule has 26 heavy (non-hydrogen) atoms. The topological polar surface area (TPSA) is 77.2 Å². The van der Waals surface area contributed by atoms with E-state index >= 15 is 0 Å². The summed E-state index contributed by atoms with van der Waals surface area (Å²) in [6.07, 6.45) is -3.01. The zero-order valence-corrected chi connectivity index (χ0v) is 14.4. The van der Waals surface area contributed by atoms with Crippen LogP contribution in [0.5, 0.6) is 11.6 Å². The van der Waals surface area contributed by atoms with Crippen molar-refractivity contribution < 1.29 is 22.7 Å². The fraction of sp³-hybridized carbons (Fsp3) is 0.333. The second-order valence-electron chi connectivity index (χ2n) is 6.08. The highest BCUT2D eigenvalue weighted by Gasteiger charge is 2.30. The maximum atomic E-state index is 12.8. The maximum absolute atomic E-state index is 12.8. The van der Waals surface area contributed by atoms with Gasteiger partial charge in [0.25, 0.3) is 0 Å². The highest BCUT2D eigenvalue weighted by atomic mass is 19.4. The average Bonchev–Trinajstić information content (AvgIpc) is 2.59. The van der Waals surface area contributed by atoms with Gasteiger partial charge >= 0.3 is 6.18 Å². The number of nitrogens with one attached hydrogen (secondary N) is 1. The van der Waals surface area contributed by atoms with Crippen molar-refractivity contribution in [3.8, 4) is 11.6 Å². The van der Waals surface area contributed by atoms with Crippen LogP contribution >= 0.6 is 0 Å². The Morgan fingerprint density at radius 1 is 1.27 bits per heavy atom. The molecular weight excluding hydrogens is 347 g/mol. The van der Waals surface area contributed by atoms with Crippen LogP contribution in [-0.4, -0.2) is 16.9 Å². The van der Waals surface area contributed by atoms with E-state index in [0.29, 0.717) is 5.56 Å². The van der Waals surface area contributed by atoms with Crippen molar-refractivity contribution in [1.29, 1.82) is 0 Å². The normalized spacial score (nSPS) is 12.7. The van der Waals surface area contributed by atoms with Crippen molar-refractivity contribution in [2.45, 2.75) is 32.6 Å². The Kier molecular flexibility index (Phi) is 6.20. The molecular formula is C18H20F3N3O2. The lowest BCUT2D eigenvalue weighted by atomic mass is 10.1. The molecule has 0 fully saturated rings. The van der Waals surface area contributed by atoms with Gasteiger partial charge in [-0.3, -0.25) is 4.79 Å². The number of pyridine rings is 1. The smallest absolute Gasteiger partial charge is 0.416 e. The lowest BCUT2D eigenvalue weighted by Crippen LogP contribution is -2.43. The van der Waals surface area contributed by atoms with E-state index in [4.69, 9.17) is 10.5 Å². The molecule has 0 aliphatic rings. The third-order valence-electron chi connectivity index (χ3n) is 3.70. The number of carbonyl (C=O) groups is 1. The number of nitrogens with two attached hydrogens (primary N) is 1. The van der Waals surface area contributed by atoms with Crippen LogP contribution in [-0.2, 0) is 17.5 Å². The van der Waals surface area contributed by atoms with Gasteiger partial charge in [0.1, 0.15) is 5.75 Å². The summed E-state index contributed by atoms with van der Waals surface area (Å²) in [5.74, 6) is -0.228. The molecule has 5 nitrogen and oxygen atoms in total. The van der Waals surface area contributed by atoms with Crippen molar-refractivity contribution in [3.63, 3.8) is 0 Å². The van der Waals surface area contributed by atoms with Crippen LogP contribution in [0.25, 0.3) is 0 Å². The molecule has 0 spiro atoms. The number of alkyl halides is 3. The molecule has 2 rings (SSSR count). The fourth-order valence-electron chi connectivity index (χ4n) is 2.10. The summed E-state index contributed by atoms with van der Waals surface area (Å²) in [5, 5.41) is 2.68. The van der Waals surface area contributed by atoms with Crippen molar-refractivity contribution in [2.75, 3.05) is 0 Å². The van der Waals surface area contributed by atoms with Crippen LogP contribution in [0.2, 0.25) is 0 Å². The van der Waals surface area contributed by atoms with Gasteiger partial charge in [0, 0.05) is 18.3 Å². The minimum Gasteiger partial charge on any atom is -0.439 e. The van der Waals surface area contributed by atoms with E-state index in [1.807, 2.05) is 13.8 Å². The summed E-state index contributed by atoms with van der Waals surface area (Å²) in [5.41, 5.74) is 5.48. The first kappa shape index (κ1) is 19.7. The summed E-state index contributed by atoms with van der Waals surface area (Å²) in [6, 6.07) is 7.16. The van der Waals surface area contributed by atoms with Gasteiger partial charge in [-0.15, -0.1) is 0 Å². The van der Waals surface area contributed by atoms with Crippen LogP contribution in [0.15, 0.2) is 42.6 Å². The number of aromatic nitrogens is 1. The molecule has 1 aromatic carbocycles. The van der Waals surface area contributed by atoms with E-state index in [0.717, 1.165) is 12.1 Å². The Bertz CT molecular complexity index is 763. The molecule has 0 aliphatic carbocycles. The number of benzene rings is 1. The maximum Gasteiger partial charge on any atom is 0.416 e. The van der Waals surface area contributed by atoms with Crippen molar-refractivity contribution in [3.05, 3.63) is 53.7 Å². The predicted molar refractivity (Wildman–Crippen MR) is 90.4 cm³/mol. The van der Waals surface area contributed by atoms with Crippen molar-refractivity contribution in [1.82, 2.24) is 10.3 Å². The van der Waals surface area contributed by atoms with Gasteiger partial charge in [-0.05, 0) is 30.2 Å². The first-order chi connectivity index (χ1) is 12.2. The van der Waals surface area contributed by atoms with E-state index in [1.165, 1.54) is 18.3 Å². The number of hydrogen-bond donors (Lipinski definition) is 2. The lowest BCUT2D eigenvalue weighted by molar-refractivity contribution is -0.137. The summed E-state index contributed by atoms with van der Waals surface area (Å²) in [7, 11) is 0. The van der Waals surface area contributed by atoms with E-state index in [9.17, 15) is 18.0 Å². The van der Waals surface area contributed by atoms with Gasteiger partial charge < -0.3 is 15.8 Å². The molecule has 2 aromatic rings. The Balaban J connectivity index is 2.13. The van der Waals surface area contributed by atoms with E-state index in [1.54, 1.807) is 12.1 Å². The first-order valence-electron chi connectivity index (χ1n) is 8.00. The molecule has 0 aliphatic heterocycles. The Morgan fingerprint density at radius 2 is 2.00 bits per heavy atom. The molecule has 0 saturated heterocycles. The standard InChI is InChI=1S/C18H20F3N3O2/c1-11(2)15(22)16(25)24-10-12-5-4-8-23-17(12)26-14-7-3-6-13(9-14)18(19,20)21/h3-9,11,15H,10,22H2,1-2H3,(H,24,25)/t15-/m1/s1. The number of carbonyl (C=O) groups excluding carboxylic acids is 1. The third kappa shape index (κ3) is 5.19. The van der Waals surface area contributed by atoms with Gasteiger partial charge in [-0.25, -0.2) is 4.98 Å². The molecule has 0 radical (unpaired) electrons. The molecule has 1 atom stereocenters. The molecule has 8 heteroatoms.